The van der Waals surface area contributed by atoms with Crippen LogP contribution in [-0.2, 0) is 0 Å². The number of nitrogens with one attached hydrogen (secondary N) is 1. The molecule has 5 nitrogen and oxygen atoms in total. The fourth-order valence-corrected chi connectivity index (χ4v) is 2.77. The second-order valence-corrected chi connectivity index (χ2v) is 5.89. The van der Waals surface area contributed by atoms with Gasteiger partial charge in [0.05, 0.1) is 23.3 Å². The molecule has 0 atom stereocenters. The zero-order valence-electron chi connectivity index (χ0n) is 14.0. The first kappa shape index (κ1) is 16.0. The van der Waals surface area contributed by atoms with Crippen LogP contribution in [0.5, 0.6) is 0 Å². The number of aromatic nitrogens is 3. The van der Waals surface area contributed by atoms with E-state index in [9.17, 15) is 9.18 Å². The van der Waals surface area contributed by atoms with E-state index in [2.05, 4.69) is 15.4 Å². The van der Waals surface area contributed by atoms with Crippen LogP contribution in [0.1, 0.15) is 16.1 Å². The van der Waals surface area contributed by atoms with Crippen LogP contribution in [0.2, 0.25) is 0 Å². The van der Waals surface area contributed by atoms with Crippen LogP contribution >= 0.6 is 0 Å². The quantitative estimate of drug-likeness (QED) is 0.607. The Morgan fingerprint density at radius 2 is 1.81 bits per heavy atom. The second-order valence-electron chi connectivity index (χ2n) is 5.89. The lowest BCUT2D eigenvalue weighted by Gasteiger charge is -2.06. The second kappa shape index (κ2) is 6.40. The predicted octanol–water partition coefficient (Wildman–Crippen LogP) is 4.12. The summed E-state index contributed by atoms with van der Waals surface area (Å²) in [5, 5.41) is 8.19. The first-order valence-electron chi connectivity index (χ1n) is 8.09. The number of para-hydroxylation sites is 1. The van der Waals surface area contributed by atoms with Gasteiger partial charge in [-0.05, 0) is 49.4 Å². The highest BCUT2D eigenvalue weighted by molar-refractivity contribution is 6.04. The summed E-state index contributed by atoms with van der Waals surface area (Å²) in [6.07, 6.45) is 1.59. The Bertz CT molecular complexity index is 1090. The van der Waals surface area contributed by atoms with E-state index in [1.807, 2.05) is 43.3 Å². The summed E-state index contributed by atoms with van der Waals surface area (Å²) in [4.78, 5) is 16.8. The molecule has 0 aliphatic heterocycles. The Labute approximate surface area is 149 Å². The molecule has 0 saturated carbocycles. The molecule has 2 heterocycles. The lowest BCUT2D eigenvalue weighted by molar-refractivity contribution is 0.102. The summed E-state index contributed by atoms with van der Waals surface area (Å²) < 4.78 is 14.8. The summed E-state index contributed by atoms with van der Waals surface area (Å²) >= 11 is 0. The number of carbonyl (C=O) groups is 1. The molecule has 2 aromatic heterocycles. The van der Waals surface area contributed by atoms with Crippen LogP contribution in [0.15, 0.2) is 66.9 Å². The lowest BCUT2D eigenvalue weighted by Crippen LogP contribution is -2.12. The fourth-order valence-electron chi connectivity index (χ4n) is 2.77. The van der Waals surface area contributed by atoms with E-state index in [-0.39, 0.29) is 11.7 Å². The number of amides is 1. The van der Waals surface area contributed by atoms with Gasteiger partial charge in [0.15, 0.2) is 5.65 Å². The molecule has 128 valence electrons. The predicted molar refractivity (Wildman–Crippen MR) is 98.0 cm³/mol. The molecule has 26 heavy (non-hydrogen) atoms. The number of pyridine rings is 1. The lowest BCUT2D eigenvalue weighted by atomic mass is 10.2. The van der Waals surface area contributed by atoms with Gasteiger partial charge in [-0.15, -0.1) is 0 Å². The van der Waals surface area contributed by atoms with Crippen LogP contribution in [0.25, 0.3) is 16.7 Å². The van der Waals surface area contributed by atoms with Crippen molar-refractivity contribution in [2.75, 3.05) is 5.32 Å². The maximum absolute atomic E-state index is 13.0. The van der Waals surface area contributed by atoms with E-state index in [0.717, 1.165) is 16.8 Å². The molecule has 4 rings (SSSR count). The van der Waals surface area contributed by atoms with E-state index < -0.39 is 0 Å². The molecule has 0 radical (unpaired) electrons. The zero-order valence-corrected chi connectivity index (χ0v) is 14.0. The van der Waals surface area contributed by atoms with Crippen molar-refractivity contribution in [1.82, 2.24) is 14.8 Å². The SMILES string of the molecule is Cc1nn(-c2ccccc2)c2ncc(NC(=O)c3ccc(F)cc3)cc12. The number of nitrogens with zero attached hydrogens (tertiary/aromatic N) is 3. The minimum absolute atomic E-state index is 0.320. The summed E-state index contributed by atoms with van der Waals surface area (Å²) in [5.41, 5.74) is 3.38. The fraction of sp³-hybridized carbons (Fsp3) is 0.0500. The van der Waals surface area contributed by atoms with E-state index in [4.69, 9.17) is 0 Å². The molecule has 2 aromatic carbocycles. The Balaban J connectivity index is 1.67. The molecule has 0 bridgehead atoms. The van der Waals surface area contributed by atoms with Crippen molar-refractivity contribution in [3.63, 3.8) is 0 Å². The minimum atomic E-state index is -0.381. The summed E-state index contributed by atoms with van der Waals surface area (Å²) in [7, 11) is 0. The van der Waals surface area contributed by atoms with E-state index >= 15 is 0 Å². The van der Waals surface area contributed by atoms with Crippen molar-refractivity contribution in [2.24, 2.45) is 0 Å². The molecule has 0 spiro atoms. The number of anilines is 1. The van der Waals surface area contributed by atoms with Crippen molar-refractivity contribution in [2.45, 2.75) is 6.92 Å². The number of hydrogen-bond acceptors (Lipinski definition) is 3. The topological polar surface area (TPSA) is 59.8 Å². The number of carbonyl (C=O) groups excluding carboxylic acids is 1. The van der Waals surface area contributed by atoms with Gasteiger partial charge >= 0.3 is 0 Å². The normalized spacial score (nSPS) is 10.8. The maximum atomic E-state index is 13.0. The standard InChI is InChI=1S/C20H15FN4O/c1-13-18-11-16(23-20(26)14-7-9-15(21)10-8-14)12-22-19(18)25(24-13)17-5-3-2-4-6-17/h2-12H,1H3,(H,23,26). The molecule has 4 aromatic rings. The average molecular weight is 346 g/mol. The minimum Gasteiger partial charge on any atom is -0.321 e. The number of aryl methyl sites for hydroxylation is 1. The van der Waals surface area contributed by atoms with Gasteiger partial charge in [-0.2, -0.15) is 5.10 Å². The third-order valence-corrected chi connectivity index (χ3v) is 4.07. The Morgan fingerprint density at radius 3 is 2.54 bits per heavy atom. The third-order valence-electron chi connectivity index (χ3n) is 4.07. The van der Waals surface area contributed by atoms with Gasteiger partial charge < -0.3 is 5.32 Å². The molecule has 0 aliphatic carbocycles. The monoisotopic (exact) mass is 346 g/mol. The largest absolute Gasteiger partial charge is 0.321 e. The molecule has 0 fully saturated rings. The average Bonchev–Trinajstić information content (AvgIpc) is 2.99. The first-order chi connectivity index (χ1) is 12.6. The molecular formula is C20H15FN4O. The van der Waals surface area contributed by atoms with Crippen molar-refractivity contribution >= 4 is 22.6 Å². The van der Waals surface area contributed by atoms with Crippen LogP contribution in [0.3, 0.4) is 0 Å². The Hall–Kier alpha value is -3.54. The van der Waals surface area contributed by atoms with Crippen LogP contribution < -0.4 is 5.32 Å². The Kier molecular flexibility index (Phi) is 3.93. The van der Waals surface area contributed by atoms with Crippen LogP contribution in [-0.4, -0.2) is 20.7 Å². The van der Waals surface area contributed by atoms with Gasteiger partial charge in [0, 0.05) is 10.9 Å². The number of benzene rings is 2. The highest BCUT2D eigenvalue weighted by atomic mass is 19.1. The summed E-state index contributed by atoms with van der Waals surface area (Å²) in [6.45, 7) is 1.90. The van der Waals surface area contributed by atoms with Gasteiger partial charge in [-0.3, -0.25) is 4.79 Å². The van der Waals surface area contributed by atoms with Gasteiger partial charge in [-0.25, -0.2) is 14.1 Å². The smallest absolute Gasteiger partial charge is 0.255 e. The van der Waals surface area contributed by atoms with E-state index in [0.29, 0.717) is 16.9 Å². The van der Waals surface area contributed by atoms with Crippen molar-refractivity contribution < 1.29 is 9.18 Å². The van der Waals surface area contributed by atoms with Crippen molar-refractivity contribution in [1.29, 1.82) is 0 Å². The molecule has 0 unspecified atom stereocenters. The van der Waals surface area contributed by atoms with Crippen molar-refractivity contribution in [3.05, 3.63) is 83.9 Å². The van der Waals surface area contributed by atoms with Gasteiger partial charge in [0.1, 0.15) is 5.82 Å². The number of fused-ring (bicyclic) bond motifs is 1. The summed E-state index contributed by atoms with van der Waals surface area (Å²) in [5.74, 6) is -0.701. The van der Waals surface area contributed by atoms with E-state index in [1.54, 1.807) is 10.9 Å². The molecule has 6 heteroatoms. The maximum Gasteiger partial charge on any atom is 0.255 e. The third kappa shape index (κ3) is 2.93. The number of hydrogen-bond donors (Lipinski definition) is 1. The van der Waals surface area contributed by atoms with Crippen molar-refractivity contribution in [3.8, 4) is 5.69 Å². The first-order valence-corrected chi connectivity index (χ1v) is 8.09. The molecule has 1 N–H and O–H groups in total. The molecule has 0 aliphatic rings. The van der Waals surface area contributed by atoms with Crippen LogP contribution in [0, 0.1) is 12.7 Å². The van der Waals surface area contributed by atoms with Gasteiger partial charge in [0.2, 0.25) is 0 Å². The van der Waals surface area contributed by atoms with Gasteiger partial charge in [0.25, 0.3) is 5.91 Å². The summed E-state index contributed by atoms with van der Waals surface area (Å²) in [6, 6.07) is 17.0. The Morgan fingerprint density at radius 1 is 1.08 bits per heavy atom. The highest BCUT2D eigenvalue weighted by Crippen LogP contribution is 2.23. The van der Waals surface area contributed by atoms with Crippen LogP contribution in [0.4, 0.5) is 10.1 Å². The molecule has 0 saturated heterocycles. The molecule has 1 amide bonds. The number of halogens is 1. The molecular weight excluding hydrogens is 331 g/mol. The number of rotatable bonds is 3. The highest BCUT2D eigenvalue weighted by Gasteiger charge is 2.13. The van der Waals surface area contributed by atoms with E-state index in [1.165, 1.54) is 24.3 Å². The van der Waals surface area contributed by atoms with Gasteiger partial charge in [-0.1, -0.05) is 18.2 Å². The zero-order chi connectivity index (χ0) is 18.1.